The van der Waals surface area contributed by atoms with Crippen molar-refractivity contribution < 1.29 is 14.5 Å². The number of benzene rings is 2. The lowest BCUT2D eigenvalue weighted by molar-refractivity contribution is -0.384. The molecule has 0 bridgehead atoms. The Labute approximate surface area is 163 Å². The number of nitrogens with one attached hydrogen (secondary N) is 1. The fourth-order valence-corrected chi connectivity index (χ4v) is 3.44. The van der Waals surface area contributed by atoms with Gasteiger partial charge in [-0.25, -0.2) is 4.98 Å². The number of hydrogen-bond donors (Lipinski definition) is 1. The number of nitrogens with zero attached hydrogens (tertiary/aromatic N) is 2. The van der Waals surface area contributed by atoms with E-state index in [4.69, 9.17) is 16.3 Å². The van der Waals surface area contributed by atoms with Gasteiger partial charge in [-0.2, -0.15) is 0 Å². The van der Waals surface area contributed by atoms with Crippen LogP contribution in [0.1, 0.15) is 20.8 Å². The third-order valence-electron chi connectivity index (χ3n) is 3.69. The number of nitro benzene ring substituents is 1. The maximum atomic E-state index is 12.4. The van der Waals surface area contributed by atoms with Gasteiger partial charge in [0.05, 0.1) is 22.6 Å². The molecule has 1 N–H and O–H groups in total. The van der Waals surface area contributed by atoms with Gasteiger partial charge in [0, 0.05) is 29.6 Å². The lowest BCUT2D eigenvalue weighted by Gasteiger charge is -2.04. The van der Waals surface area contributed by atoms with Crippen LogP contribution in [0.25, 0.3) is 0 Å². The molecule has 138 valence electrons. The molecule has 0 aliphatic carbocycles. The molecule has 0 spiro atoms. The normalized spacial score (nSPS) is 10.4. The maximum Gasteiger partial charge on any atom is 0.270 e. The lowest BCUT2D eigenvalue weighted by Crippen LogP contribution is -2.12. The molecule has 3 aromatic rings. The molecule has 27 heavy (non-hydrogen) atoms. The first-order chi connectivity index (χ1) is 13.0. The van der Waals surface area contributed by atoms with Crippen molar-refractivity contribution in [1.29, 1.82) is 0 Å². The summed E-state index contributed by atoms with van der Waals surface area (Å²) in [6, 6.07) is 11.4. The molecule has 0 saturated heterocycles. The van der Waals surface area contributed by atoms with Crippen molar-refractivity contribution in [3.05, 3.63) is 79.8 Å². The number of thiazole rings is 1. The zero-order chi connectivity index (χ0) is 19.4. The predicted octanol–water partition coefficient (Wildman–Crippen LogP) is 4.56. The molecule has 0 aliphatic rings. The van der Waals surface area contributed by atoms with E-state index < -0.39 is 10.8 Å². The molecule has 0 aliphatic heterocycles. The Bertz CT molecular complexity index is 1010. The van der Waals surface area contributed by atoms with Gasteiger partial charge in [0.25, 0.3) is 11.6 Å². The number of carbonyl (C=O) groups excluding carboxylic acids is 1. The van der Waals surface area contributed by atoms with Crippen LogP contribution in [0.15, 0.2) is 48.7 Å². The topological polar surface area (TPSA) is 94.4 Å². The van der Waals surface area contributed by atoms with E-state index in [1.807, 2.05) is 24.3 Å². The van der Waals surface area contributed by atoms with Crippen molar-refractivity contribution in [2.45, 2.75) is 6.42 Å². The smallest absolute Gasteiger partial charge is 0.270 e. The van der Waals surface area contributed by atoms with Crippen LogP contribution >= 0.6 is 22.9 Å². The average Bonchev–Trinajstić information content (AvgIpc) is 3.08. The molecule has 2 aromatic carbocycles. The second kappa shape index (κ2) is 8.15. The van der Waals surface area contributed by atoms with Crippen LogP contribution in [0, 0.1) is 10.1 Å². The SMILES string of the molecule is COc1cccc(Cc2cnc(NC(=O)c3cc([N+](=O)[O-])ccc3Cl)s2)c1. The Morgan fingerprint density at radius 1 is 1.33 bits per heavy atom. The highest BCUT2D eigenvalue weighted by Gasteiger charge is 2.17. The van der Waals surface area contributed by atoms with Crippen molar-refractivity contribution in [3.63, 3.8) is 0 Å². The number of aromatic nitrogens is 1. The standard InChI is InChI=1S/C18H14ClN3O4S/c1-26-13-4-2-3-11(7-13)8-14-10-20-18(27-14)21-17(23)15-9-12(22(24)25)5-6-16(15)19/h2-7,9-10H,8H2,1H3,(H,20,21,23). The van der Waals surface area contributed by atoms with Gasteiger partial charge in [0.15, 0.2) is 5.13 Å². The molecular weight excluding hydrogens is 390 g/mol. The minimum Gasteiger partial charge on any atom is -0.497 e. The first-order valence-electron chi connectivity index (χ1n) is 7.79. The molecule has 0 fully saturated rings. The van der Waals surface area contributed by atoms with E-state index in [0.717, 1.165) is 22.3 Å². The largest absolute Gasteiger partial charge is 0.497 e. The highest BCUT2D eigenvalue weighted by Crippen LogP contribution is 2.26. The molecule has 1 heterocycles. The number of rotatable bonds is 6. The number of hydrogen-bond acceptors (Lipinski definition) is 6. The molecule has 7 nitrogen and oxygen atoms in total. The molecule has 0 saturated carbocycles. The number of anilines is 1. The van der Waals surface area contributed by atoms with Crippen LogP contribution < -0.4 is 10.1 Å². The Kier molecular flexibility index (Phi) is 5.68. The zero-order valence-corrected chi connectivity index (χ0v) is 15.7. The third-order valence-corrected chi connectivity index (χ3v) is 4.93. The highest BCUT2D eigenvalue weighted by atomic mass is 35.5. The van der Waals surface area contributed by atoms with Crippen LogP contribution in [0.4, 0.5) is 10.8 Å². The zero-order valence-electron chi connectivity index (χ0n) is 14.1. The quantitative estimate of drug-likeness (QED) is 0.481. The van der Waals surface area contributed by atoms with Crippen molar-refractivity contribution in [1.82, 2.24) is 4.98 Å². The fourth-order valence-electron chi connectivity index (χ4n) is 2.40. The van der Waals surface area contributed by atoms with Gasteiger partial charge in [0.1, 0.15) is 5.75 Å². The number of non-ortho nitro benzene ring substituents is 1. The Morgan fingerprint density at radius 3 is 2.89 bits per heavy atom. The number of halogens is 1. The second-order valence-electron chi connectivity index (χ2n) is 5.54. The predicted molar refractivity (Wildman–Crippen MR) is 104 cm³/mol. The van der Waals surface area contributed by atoms with Gasteiger partial charge < -0.3 is 4.74 Å². The molecule has 0 unspecified atom stereocenters. The third kappa shape index (κ3) is 4.60. The van der Waals surface area contributed by atoms with Gasteiger partial charge in [-0.3, -0.25) is 20.2 Å². The Morgan fingerprint density at radius 2 is 2.15 bits per heavy atom. The van der Waals surface area contributed by atoms with Crippen LogP contribution in [0.2, 0.25) is 5.02 Å². The van der Waals surface area contributed by atoms with Gasteiger partial charge in [0.2, 0.25) is 0 Å². The summed E-state index contributed by atoms with van der Waals surface area (Å²) in [6.45, 7) is 0. The summed E-state index contributed by atoms with van der Waals surface area (Å²) in [5.41, 5.74) is 0.871. The van der Waals surface area contributed by atoms with Crippen molar-refractivity contribution in [3.8, 4) is 5.75 Å². The van der Waals surface area contributed by atoms with Crippen LogP contribution in [-0.4, -0.2) is 22.9 Å². The number of carbonyl (C=O) groups is 1. The molecule has 9 heteroatoms. The summed E-state index contributed by atoms with van der Waals surface area (Å²) >= 11 is 7.31. The van der Waals surface area contributed by atoms with E-state index >= 15 is 0 Å². The van der Waals surface area contributed by atoms with E-state index in [1.54, 1.807) is 13.3 Å². The van der Waals surface area contributed by atoms with Gasteiger partial charge in [-0.15, -0.1) is 11.3 Å². The van der Waals surface area contributed by atoms with Crippen molar-refractivity contribution in [2.24, 2.45) is 0 Å². The van der Waals surface area contributed by atoms with Crippen LogP contribution in [-0.2, 0) is 6.42 Å². The molecule has 1 aromatic heterocycles. The molecule has 3 rings (SSSR count). The van der Waals surface area contributed by atoms with Gasteiger partial charge in [-0.1, -0.05) is 23.7 Å². The summed E-state index contributed by atoms with van der Waals surface area (Å²) < 4.78 is 5.21. The summed E-state index contributed by atoms with van der Waals surface area (Å²) in [7, 11) is 1.61. The van der Waals surface area contributed by atoms with E-state index in [9.17, 15) is 14.9 Å². The van der Waals surface area contributed by atoms with Gasteiger partial charge >= 0.3 is 0 Å². The molecular formula is C18H14ClN3O4S. The van der Waals surface area contributed by atoms with Crippen molar-refractivity contribution in [2.75, 3.05) is 12.4 Å². The monoisotopic (exact) mass is 403 g/mol. The van der Waals surface area contributed by atoms with E-state index in [1.165, 1.54) is 23.5 Å². The molecule has 0 radical (unpaired) electrons. The van der Waals surface area contributed by atoms with Crippen molar-refractivity contribution >= 4 is 39.7 Å². The average molecular weight is 404 g/mol. The minimum atomic E-state index is -0.581. The van der Waals surface area contributed by atoms with Gasteiger partial charge in [-0.05, 0) is 23.8 Å². The highest BCUT2D eigenvalue weighted by molar-refractivity contribution is 7.15. The molecule has 1 amide bonds. The molecule has 0 atom stereocenters. The minimum absolute atomic E-state index is 0.0235. The summed E-state index contributed by atoms with van der Waals surface area (Å²) in [5.74, 6) is 0.219. The lowest BCUT2D eigenvalue weighted by atomic mass is 10.1. The first kappa shape index (κ1) is 18.8. The van der Waals surface area contributed by atoms with E-state index in [0.29, 0.717) is 11.6 Å². The first-order valence-corrected chi connectivity index (χ1v) is 8.98. The fraction of sp³-hybridized carbons (Fsp3) is 0.111. The van der Waals surface area contributed by atoms with Crippen LogP contribution in [0.3, 0.4) is 0 Å². The summed E-state index contributed by atoms with van der Waals surface area (Å²) in [4.78, 5) is 27.8. The summed E-state index contributed by atoms with van der Waals surface area (Å²) in [5, 5.41) is 14.0. The Hall–Kier alpha value is -2.97. The van der Waals surface area contributed by atoms with E-state index in [-0.39, 0.29) is 16.3 Å². The number of ether oxygens (including phenoxy) is 1. The number of nitro groups is 1. The number of methoxy groups -OCH3 is 1. The Balaban J connectivity index is 1.73. The maximum absolute atomic E-state index is 12.4. The van der Waals surface area contributed by atoms with Crippen LogP contribution in [0.5, 0.6) is 5.75 Å². The number of amides is 1. The summed E-state index contributed by atoms with van der Waals surface area (Å²) in [6.07, 6.45) is 2.32. The second-order valence-corrected chi connectivity index (χ2v) is 7.06. The van der Waals surface area contributed by atoms with E-state index in [2.05, 4.69) is 10.3 Å².